The van der Waals surface area contributed by atoms with Gasteiger partial charge in [0.1, 0.15) is 17.7 Å². The molecule has 1 saturated heterocycles. The van der Waals surface area contributed by atoms with Crippen molar-refractivity contribution in [3.05, 3.63) is 53.9 Å². The summed E-state index contributed by atoms with van der Waals surface area (Å²) in [5, 5.41) is 4.26. The van der Waals surface area contributed by atoms with Gasteiger partial charge in [-0.2, -0.15) is 0 Å². The Morgan fingerprint density at radius 1 is 1.31 bits per heavy atom. The van der Waals surface area contributed by atoms with E-state index in [1.807, 2.05) is 31.3 Å². The minimum Gasteiger partial charge on any atom is -0.497 e. The van der Waals surface area contributed by atoms with Gasteiger partial charge in [0.15, 0.2) is 0 Å². The van der Waals surface area contributed by atoms with Crippen LogP contribution in [0.5, 0.6) is 5.75 Å². The van der Waals surface area contributed by atoms with Gasteiger partial charge in [-0.1, -0.05) is 6.07 Å². The van der Waals surface area contributed by atoms with Gasteiger partial charge in [0, 0.05) is 43.3 Å². The number of methoxy groups -OCH3 is 1. The van der Waals surface area contributed by atoms with E-state index in [0.29, 0.717) is 6.61 Å². The molecule has 1 aliphatic heterocycles. The Labute approximate surface area is 153 Å². The van der Waals surface area contributed by atoms with Crippen molar-refractivity contribution in [3.63, 3.8) is 0 Å². The number of aromatic amines is 1. The van der Waals surface area contributed by atoms with Gasteiger partial charge in [-0.05, 0) is 36.4 Å². The third-order valence-corrected chi connectivity index (χ3v) is 4.78. The number of nitrogens with zero attached hydrogens (tertiary/aromatic N) is 2. The second kappa shape index (κ2) is 7.35. The molecule has 0 aliphatic carbocycles. The Hall–Kier alpha value is -2.57. The number of aromatic nitrogens is 2. The summed E-state index contributed by atoms with van der Waals surface area (Å²) in [6.07, 6.45) is 0.00141. The van der Waals surface area contributed by atoms with Crippen molar-refractivity contribution in [1.82, 2.24) is 14.9 Å². The van der Waals surface area contributed by atoms with Gasteiger partial charge < -0.3 is 19.8 Å². The molecular formula is C20H24N4O2. The highest BCUT2D eigenvalue weighted by atomic mass is 16.5. The first-order chi connectivity index (χ1) is 12.7. The zero-order valence-corrected chi connectivity index (χ0v) is 15.2. The van der Waals surface area contributed by atoms with Crippen molar-refractivity contribution in [2.45, 2.75) is 12.6 Å². The smallest absolute Gasteiger partial charge is 0.126 e. The van der Waals surface area contributed by atoms with Gasteiger partial charge >= 0.3 is 0 Å². The van der Waals surface area contributed by atoms with Crippen LogP contribution in [0, 0.1) is 0 Å². The highest BCUT2D eigenvalue weighted by Gasteiger charge is 2.23. The molecule has 0 spiro atoms. The molecule has 2 aromatic heterocycles. The van der Waals surface area contributed by atoms with Crippen LogP contribution in [0.3, 0.4) is 0 Å². The van der Waals surface area contributed by atoms with E-state index in [4.69, 9.17) is 9.47 Å². The Morgan fingerprint density at radius 3 is 3.08 bits per heavy atom. The Balaban J connectivity index is 1.48. The third-order valence-electron chi connectivity index (χ3n) is 4.78. The van der Waals surface area contributed by atoms with Crippen LogP contribution < -0.4 is 10.1 Å². The van der Waals surface area contributed by atoms with Crippen molar-refractivity contribution >= 4 is 16.7 Å². The van der Waals surface area contributed by atoms with Crippen molar-refractivity contribution < 1.29 is 9.47 Å². The van der Waals surface area contributed by atoms with E-state index >= 15 is 0 Å². The Bertz CT molecular complexity index is 892. The van der Waals surface area contributed by atoms with Gasteiger partial charge in [0.05, 0.1) is 19.4 Å². The summed E-state index contributed by atoms with van der Waals surface area (Å²) in [7, 11) is 3.57. The molecule has 3 aromatic rings. The number of rotatable bonds is 5. The van der Waals surface area contributed by atoms with E-state index in [2.05, 4.69) is 38.4 Å². The SMILES string of the molecule is CNc1cccc([C@@H]2CN(Cc3cc4cc(OC)ccc4[nH]3)CCO2)n1. The maximum atomic E-state index is 5.96. The average molecular weight is 352 g/mol. The summed E-state index contributed by atoms with van der Waals surface area (Å²) in [6.45, 7) is 3.33. The van der Waals surface area contributed by atoms with E-state index in [1.165, 1.54) is 11.1 Å². The Kier molecular flexibility index (Phi) is 4.77. The first-order valence-electron chi connectivity index (χ1n) is 8.89. The number of benzene rings is 1. The van der Waals surface area contributed by atoms with Gasteiger partial charge in [-0.15, -0.1) is 0 Å². The standard InChI is InChI=1S/C20H24N4O2/c1-21-20-5-3-4-18(23-20)19-13-24(8-9-26-19)12-15-10-14-11-16(25-2)6-7-17(14)22-15/h3-7,10-11,19,22H,8-9,12-13H2,1-2H3,(H,21,23)/t19-/m0/s1. The van der Waals surface area contributed by atoms with Crippen LogP contribution in [0.2, 0.25) is 0 Å². The van der Waals surface area contributed by atoms with Crippen molar-refractivity contribution in [2.24, 2.45) is 0 Å². The minimum absolute atomic E-state index is 0.00141. The second-order valence-electron chi connectivity index (χ2n) is 6.54. The topological polar surface area (TPSA) is 62.4 Å². The largest absolute Gasteiger partial charge is 0.497 e. The fraction of sp³-hybridized carbons (Fsp3) is 0.350. The average Bonchev–Trinajstić information content (AvgIpc) is 3.09. The molecule has 0 saturated carbocycles. The lowest BCUT2D eigenvalue weighted by Crippen LogP contribution is -2.38. The normalized spacial score (nSPS) is 18.2. The van der Waals surface area contributed by atoms with Crippen LogP contribution >= 0.6 is 0 Å². The molecule has 6 heteroatoms. The molecule has 4 rings (SSSR count). The summed E-state index contributed by atoms with van der Waals surface area (Å²) >= 11 is 0. The summed E-state index contributed by atoms with van der Waals surface area (Å²) in [5.41, 5.74) is 3.31. The maximum Gasteiger partial charge on any atom is 0.126 e. The maximum absolute atomic E-state index is 5.96. The molecule has 2 N–H and O–H groups in total. The molecule has 0 radical (unpaired) electrons. The fourth-order valence-electron chi connectivity index (χ4n) is 3.42. The summed E-state index contributed by atoms with van der Waals surface area (Å²) in [5.74, 6) is 1.75. The van der Waals surface area contributed by atoms with E-state index in [0.717, 1.165) is 42.4 Å². The van der Waals surface area contributed by atoms with E-state index in [9.17, 15) is 0 Å². The molecule has 26 heavy (non-hydrogen) atoms. The molecule has 1 atom stereocenters. The number of hydrogen-bond donors (Lipinski definition) is 2. The molecule has 6 nitrogen and oxygen atoms in total. The molecule has 1 aromatic carbocycles. The predicted octanol–water partition coefficient (Wildman–Crippen LogP) is 3.19. The van der Waals surface area contributed by atoms with Crippen LogP contribution in [0.25, 0.3) is 10.9 Å². The molecule has 1 aliphatic rings. The van der Waals surface area contributed by atoms with Crippen LogP contribution in [0.15, 0.2) is 42.5 Å². The van der Waals surface area contributed by atoms with E-state index in [-0.39, 0.29) is 6.10 Å². The van der Waals surface area contributed by atoms with Crippen LogP contribution in [0.1, 0.15) is 17.5 Å². The molecule has 0 unspecified atom stereocenters. The summed E-state index contributed by atoms with van der Waals surface area (Å²) in [4.78, 5) is 10.5. The van der Waals surface area contributed by atoms with Crippen LogP contribution in [0.4, 0.5) is 5.82 Å². The number of morpholine rings is 1. The third kappa shape index (κ3) is 3.52. The number of fused-ring (bicyclic) bond motifs is 1. The molecule has 0 amide bonds. The predicted molar refractivity (Wildman–Crippen MR) is 103 cm³/mol. The molecule has 0 bridgehead atoms. The molecule has 136 valence electrons. The van der Waals surface area contributed by atoms with Crippen LogP contribution in [-0.4, -0.2) is 48.7 Å². The van der Waals surface area contributed by atoms with Crippen molar-refractivity contribution in [3.8, 4) is 5.75 Å². The minimum atomic E-state index is 0.00141. The van der Waals surface area contributed by atoms with Gasteiger partial charge in [0.2, 0.25) is 0 Å². The number of nitrogens with one attached hydrogen (secondary N) is 2. The molecule has 3 heterocycles. The lowest BCUT2D eigenvalue weighted by Gasteiger charge is -2.32. The number of H-pyrrole nitrogens is 1. The summed E-state index contributed by atoms with van der Waals surface area (Å²) in [6, 6.07) is 14.3. The van der Waals surface area contributed by atoms with Crippen molar-refractivity contribution in [1.29, 1.82) is 0 Å². The highest BCUT2D eigenvalue weighted by molar-refractivity contribution is 5.81. The first-order valence-corrected chi connectivity index (χ1v) is 8.89. The number of anilines is 1. The van der Waals surface area contributed by atoms with Crippen LogP contribution in [-0.2, 0) is 11.3 Å². The number of hydrogen-bond acceptors (Lipinski definition) is 5. The van der Waals surface area contributed by atoms with Gasteiger partial charge in [-0.3, -0.25) is 4.90 Å². The zero-order chi connectivity index (χ0) is 17.9. The lowest BCUT2D eigenvalue weighted by atomic mass is 10.1. The second-order valence-corrected chi connectivity index (χ2v) is 6.54. The van der Waals surface area contributed by atoms with E-state index < -0.39 is 0 Å². The fourth-order valence-corrected chi connectivity index (χ4v) is 3.42. The number of pyridine rings is 1. The molecular weight excluding hydrogens is 328 g/mol. The quantitative estimate of drug-likeness (QED) is 0.738. The monoisotopic (exact) mass is 352 g/mol. The molecule has 1 fully saturated rings. The van der Waals surface area contributed by atoms with Gasteiger partial charge in [0.25, 0.3) is 0 Å². The van der Waals surface area contributed by atoms with Crippen molar-refractivity contribution in [2.75, 3.05) is 39.2 Å². The van der Waals surface area contributed by atoms with E-state index in [1.54, 1.807) is 7.11 Å². The number of ether oxygens (including phenoxy) is 2. The lowest BCUT2D eigenvalue weighted by molar-refractivity contribution is -0.0352. The van der Waals surface area contributed by atoms with Gasteiger partial charge in [-0.25, -0.2) is 4.98 Å². The Morgan fingerprint density at radius 2 is 2.23 bits per heavy atom. The highest BCUT2D eigenvalue weighted by Crippen LogP contribution is 2.25. The zero-order valence-electron chi connectivity index (χ0n) is 15.2. The summed E-state index contributed by atoms with van der Waals surface area (Å²) < 4.78 is 11.3. The first kappa shape index (κ1) is 16.9.